The van der Waals surface area contributed by atoms with E-state index in [1.807, 2.05) is 19.1 Å². The fourth-order valence-corrected chi connectivity index (χ4v) is 3.35. The molecule has 0 saturated heterocycles. The van der Waals surface area contributed by atoms with E-state index in [1.54, 1.807) is 38.3 Å². The van der Waals surface area contributed by atoms with Crippen molar-refractivity contribution in [2.24, 2.45) is 5.10 Å². The number of benzene rings is 2. The van der Waals surface area contributed by atoms with E-state index in [4.69, 9.17) is 13.9 Å². The second kappa shape index (κ2) is 7.71. The minimum Gasteiger partial charge on any atom is -0.494 e. The minimum absolute atomic E-state index is 0.0915. The van der Waals surface area contributed by atoms with Gasteiger partial charge >= 0.3 is 0 Å². The number of sulfonamides is 1. The first-order valence-electron chi connectivity index (χ1n) is 8.30. The zero-order valence-corrected chi connectivity index (χ0v) is 16.0. The van der Waals surface area contributed by atoms with Crippen molar-refractivity contribution in [3.63, 3.8) is 0 Å². The Morgan fingerprint density at radius 3 is 2.59 bits per heavy atom. The van der Waals surface area contributed by atoms with Crippen LogP contribution in [0.15, 0.2) is 62.9 Å². The number of hydrogen-bond donors (Lipinski definition) is 1. The number of nitrogens with one attached hydrogen (secondary N) is 1. The Kier molecular flexibility index (Phi) is 5.36. The molecule has 0 bridgehead atoms. The van der Waals surface area contributed by atoms with Crippen LogP contribution in [0, 0.1) is 0 Å². The SMILES string of the molecule is CCOc1ccc(S(=O)(=O)N/N=C(/C)c2cc3cccc(OC)c3o2)cc1. The molecule has 3 aromatic rings. The molecule has 1 N–H and O–H groups in total. The molecule has 0 unspecified atom stereocenters. The summed E-state index contributed by atoms with van der Waals surface area (Å²) < 4.78 is 41.1. The van der Waals surface area contributed by atoms with E-state index < -0.39 is 10.0 Å². The van der Waals surface area contributed by atoms with E-state index in [0.29, 0.717) is 35.2 Å². The first kappa shape index (κ1) is 18.8. The van der Waals surface area contributed by atoms with Crippen molar-refractivity contribution in [3.05, 3.63) is 54.3 Å². The fraction of sp³-hybridized carbons (Fsp3) is 0.211. The van der Waals surface area contributed by atoms with E-state index in [-0.39, 0.29) is 4.90 Å². The van der Waals surface area contributed by atoms with E-state index in [2.05, 4.69) is 9.93 Å². The van der Waals surface area contributed by atoms with Crippen molar-refractivity contribution >= 4 is 26.7 Å². The van der Waals surface area contributed by atoms with Crippen molar-refractivity contribution in [1.29, 1.82) is 0 Å². The van der Waals surface area contributed by atoms with Gasteiger partial charge in [0.2, 0.25) is 0 Å². The van der Waals surface area contributed by atoms with E-state index >= 15 is 0 Å². The predicted molar refractivity (Wildman–Crippen MR) is 103 cm³/mol. The maximum absolute atomic E-state index is 12.4. The Labute approximate surface area is 157 Å². The molecule has 0 saturated carbocycles. The Bertz CT molecular complexity index is 1070. The van der Waals surface area contributed by atoms with Gasteiger partial charge in [0, 0.05) is 5.39 Å². The van der Waals surface area contributed by atoms with Crippen molar-refractivity contribution in [3.8, 4) is 11.5 Å². The van der Waals surface area contributed by atoms with Gasteiger partial charge in [0.1, 0.15) is 11.5 Å². The summed E-state index contributed by atoms with van der Waals surface area (Å²) in [5.41, 5.74) is 0.974. The molecule has 1 heterocycles. The zero-order valence-electron chi connectivity index (χ0n) is 15.2. The number of furan rings is 1. The highest BCUT2D eigenvalue weighted by molar-refractivity contribution is 7.89. The van der Waals surface area contributed by atoms with Crippen LogP contribution in [0.3, 0.4) is 0 Å². The van der Waals surface area contributed by atoms with Gasteiger partial charge in [0.05, 0.1) is 18.6 Å². The first-order chi connectivity index (χ1) is 12.9. The van der Waals surface area contributed by atoms with Gasteiger partial charge in [-0.2, -0.15) is 18.4 Å². The second-order valence-corrected chi connectivity index (χ2v) is 7.35. The summed E-state index contributed by atoms with van der Waals surface area (Å²) in [7, 11) is -2.24. The van der Waals surface area contributed by atoms with Gasteiger partial charge in [0.25, 0.3) is 10.0 Å². The van der Waals surface area contributed by atoms with Gasteiger partial charge in [-0.3, -0.25) is 0 Å². The van der Waals surface area contributed by atoms with Gasteiger partial charge in [-0.1, -0.05) is 12.1 Å². The standard InChI is InChI=1S/C19H20N2O5S/c1-4-25-15-8-10-16(11-9-15)27(22,23)21-20-13(2)18-12-14-6-5-7-17(24-3)19(14)26-18/h5-12,21H,4H2,1-3H3/b20-13-. The van der Waals surface area contributed by atoms with Crippen LogP contribution < -0.4 is 14.3 Å². The van der Waals surface area contributed by atoms with Crippen LogP contribution in [0.1, 0.15) is 19.6 Å². The van der Waals surface area contributed by atoms with Crippen molar-refractivity contribution < 1.29 is 22.3 Å². The summed E-state index contributed by atoms with van der Waals surface area (Å²) in [5.74, 6) is 1.65. The number of fused-ring (bicyclic) bond motifs is 1. The fourth-order valence-electron chi connectivity index (χ4n) is 2.49. The smallest absolute Gasteiger partial charge is 0.276 e. The topological polar surface area (TPSA) is 90.1 Å². The van der Waals surface area contributed by atoms with Crippen LogP contribution in [0.4, 0.5) is 0 Å². The summed E-state index contributed by atoms with van der Waals surface area (Å²) in [6, 6.07) is 13.4. The molecule has 0 spiro atoms. The molecule has 0 aliphatic carbocycles. The molecule has 142 valence electrons. The number of hydrogen-bond acceptors (Lipinski definition) is 6. The number of methoxy groups -OCH3 is 1. The first-order valence-corrected chi connectivity index (χ1v) is 9.79. The Balaban J connectivity index is 1.82. The summed E-state index contributed by atoms with van der Waals surface area (Å²) in [5, 5.41) is 4.81. The number of nitrogens with zero attached hydrogens (tertiary/aromatic N) is 1. The van der Waals surface area contributed by atoms with E-state index in [9.17, 15) is 8.42 Å². The lowest BCUT2D eigenvalue weighted by molar-refractivity contribution is 0.340. The monoisotopic (exact) mass is 388 g/mol. The molecule has 1 aromatic heterocycles. The lowest BCUT2D eigenvalue weighted by Gasteiger charge is -2.06. The summed E-state index contributed by atoms with van der Waals surface area (Å²) in [6.45, 7) is 4.03. The minimum atomic E-state index is -3.80. The molecule has 0 amide bonds. The molecule has 0 atom stereocenters. The average Bonchev–Trinajstić information content (AvgIpc) is 3.11. The number of hydrazone groups is 1. The van der Waals surface area contributed by atoms with Gasteiger partial charge in [-0.15, -0.1) is 0 Å². The third-order valence-corrected chi connectivity index (χ3v) is 5.09. The van der Waals surface area contributed by atoms with Gasteiger partial charge in [-0.05, 0) is 50.2 Å². The average molecular weight is 388 g/mol. The van der Waals surface area contributed by atoms with Crippen molar-refractivity contribution in [2.75, 3.05) is 13.7 Å². The van der Waals surface area contributed by atoms with Gasteiger partial charge < -0.3 is 13.9 Å². The zero-order chi connectivity index (χ0) is 19.4. The van der Waals surface area contributed by atoms with E-state index in [1.165, 1.54) is 12.1 Å². The molecule has 3 rings (SSSR count). The van der Waals surface area contributed by atoms with Crippen molar-refractivity contribution in [1.82, 2.24) is 4.83 Å². The van der Waals surface area contributed by atoms with Crippen molar-refractivity contribution in [2.45, 2.75) is 18.7 Å². The summed E-state index contributed by atoms with van der Waals surface area (Å²) in [6.07, 6.45) is 0. The normalized spacial score (nSPS) is 12.2. The number of rotatable bonds is 7. The van der Waals surface area contributed by atoms with E-state index in [0.717, 1.165) is 5.39 Å². The highest BCUT2D eigenvalue weighted by atomic mass is 32.2. The van der Waals surface area contributed by atoms with Crippen LogP contribution in [-0.4, -0.2) is 27.8 Å². The molecule has 7 nitrogen and oxygen atoms in total. The third-order valence-electron chi connectivity index (χ3n) is 3.86. The molecule has 0 aliphatic heterocycles. The second-order valence-electron chi connectivity index (χ2n) is 5.69. The van der Waals surface area contributed by atoms with Gasteiger partial charge in [-0.25, -0.2) is 0 Å². The highest BCUT2D eigenvalue weighted by Crippen LogP contribution is 2.28. The Morgan fingerprint density at radius 1 is 1.19 bits per heavy atom. The number of ether oxygens (including phenoxy) is 2. The molecule has 27 heavy (non-hydrogen) atoms. The number of para-hydroxylation sites is 1. The van der Waals surface area contributed by atoms with Crippen LogP contribution in [-0.2, 0) is 10.0 Å². The lowest BCUT2D eigenvalue weighted by atomic mass is 10.2. The highest BCUT2D eigenvalue weighted by Gasteiger charge is 2.15. The summed E-state index contributed by atoms with van der Waals surface area (Å²) >= 11 is 0. The Morgan fingerprint density at radius 2 is 1.93 bits per heavy atom. The van der Waals surface area contributed by atoms with Crippen LogP contribution in [0.2, 0.25) is 0 Å². The maximum atomic E-state index is 12.4. The van der Waals surface area contributed by atoms with Crippen LogP contribution in [0.25, 0.3) is 11.0 Å². The van der Waals surface area contributed by atoms with Crippen LogP contribution in [0.5, 0.6) is 11.5 Å². The predicted octanol–water partition coefficient (Wildman–Crippen LogP) is 3.54. The maximum Gasteiger partial charge on any atom is 0.276 e. The van der Waals surface area contributed by atoms with Crippen LogP contribution >= 0.6 is 0 Å². The molecule has 2 aromatic carbocycles. The molecule has 0 fully saturated rings. The molecule has 0 radical (unpaired) electrons. The molecule has 0 aliphatic rings. The molecular formula is C19H20N2O5S. The lowest BCUT2D eigenvalue weighted by Crippen LogP contribution is -2.19. The molecule has 8 heteroatoms. The Hall–Kier alpha value is -3.00. The molecular weight excluding hydrogens is 368 g/mol. The third kappa shape index (κ3) is 4.06. The largest absolute Gasteiger partial charge is 0.494 e. The summed E-state index contributed by atoms with van der Waals surface area (Å²) in [4.78, 5) is 2.32. The quantitative estimate of drug-likeness (QED) is 0.494. The van der Waals surface area contributed by atoms with Gasteiger partial charge in [0.15, 0.2) is 17.1 Å².